The Kier molecular flexibility index (Phi) is 3.93. The quantitative estimate of drug-likeness (QED) is 0.806. The van der Waals surface area contributed by atoms with E-state index in [-0.39, 0.29) is 24.0 Å². The van der Waals surface area contributed by atoms with Gasteiger partial charge in [0.1, 0.15) is 0 Å². The molecule has 5 heteroatoms. The first kappa shape index (κ1) is 13.0. The van der Waals surface area contributed by atoms with E-state index < -0.39 is 0 Å². The predicted molar refractivity (Wildman–Crippen MR) is 69.8 cm³/mol. The molecule has 3 unspecified atom stereocenters. The summed E-state index contributed by atoms with van der Waals surface area (Å²) in [5.41, 5.74) is 7.23. The first-order valence-electron chi connectivity index (χ1n) is 6.30. The smallest absolute Gasteiger partial charge is 0.237 e. The Morgan fingerprint density at radius 1 is 1.50 bits per heavy atom. The van der Waals surface area contributed by atoms with Crippen molar-refractivity contribution in [3.8, 4) is 0 Å². The van der Waals surface area contributed by atoms with Crippen molar-refractivity contribution in [2.45, 2.75) is 32.0 Å². The molecule has 1 fully saturated rings. The Hall–Kier alpha value is -1.46. The van der Waals surface area contributed by atoms with E-state index in [1.165, 1.54) is 0 Å². The molecule has 1 aliphatic rings. The zero-order valence-electron chi connectivity index (χ0n) is 10.8. The second-order valence-corrected chi connectivity index (χ2v) is 4.79. The number of nitrogens with one attached hydrogen (secondary N) is 1. The van der Waals surface area contributed by atoms with Crippen LogP contribution in [0.1, 0.15) is 25.5 Å². The lowest BCUT2D eigenvalue weighted by atomic mass is 9.97. The third-order valence-electron chi connectivity index (χ3n) is 3.45. The molecular weight excluding hydrogens is 228 g/mol. The maximum absolute atomic E-state index is 11.8. The van der Waals surface area contributed by atoms with E-state index in [1.807, 2.05) is 26.0 Å². The molecule has 0 spiro atoms. The molecule has 3 atom stereocenters. The fourth-order valence-electron chi connectivity index (χ4n) is 2.54. The van der Waals surface area contributed by atoms with E-state index in [0.29, 0.717) is 6.54 Å². The van der Waals surface area contributed by atoms with Crippen LogP contribution in [-0.2, 0) is 4.79 Å². The molecule has 0 bridgehead atoms. The third kappa shape index (κ3) is 2.52. The minimum Gasteiger partial charge on any atom is -0.353 e. The Balaban J connectivity index is 2.28. The van der Waals surface area contributed by atoms with Crippen LogP contribution in [0.2, 0.25) is 0 Å². The zero-order chi connectivity index (χ0) is 13.1. The number of hydrogen-bond donors (Lipinski definition) is 2. The van der Waals surface area contributed by atoms with Gasteiger partial charge in [0.05, 0.1) is 12.1 Å². The Bertz CT molecular complexity index is 407. The summed E-state index contributed by atoms with van der Waals surface area (Å²) in [5, 5.41) is 2.87. The third-order valence-corrected chi connectivity index (χ3v) is 3.45. The molecule has 2 heterocycles. The lowest BCUT2D eigenvalue weighted by Gasteiger charge is -2.40. The largest absolute Gasteiger partial charge is 0.353 e. The van der Waals surface area contributed by atoms with Crippen LogP contribution >= 0.6 is 0 Å². The van der Waals surface area contributed by atoms with E-state index in [9.17, 15) is 4.79 Å². The summed E-state index contributed by atoms with van der Waals surface area (Å²) < 4.78 is 0. The summed E-state index contributed by atoms with van der Waals surface area (Å²) in [7, 11) is 0. The lowest BCUT2D eigenvalue weighted by molar-refractivity contribution is -0.129. The van der Waals surface area contributed by atoms with Gasteiger partial charge in [-0.2, -0.15) is 0 Å². The maximum atomic E-state index is 11.8. The number of aromatic nitrogens is 1. The topological polar surface area (TPSA) is 71.2 Å². The first-order valence-corrected chi connectivity index (χ1v) is 6.30. The maximum Gasteiger partial charge on any atom is 0.237 e. The van der Waals surface area contributed by atoms with Gasteiger partial charge in [-0.05, 0) is 31.5 Å². The molecule has 0 radical (unpaired) electrons. The SMILES string of the molecule is CC(N)C(c1ccncc1)N1CCNC(=O)C1C. The molecule has 2 rings (SSSR count). The second kappa shape index (κ2) is 5.46. The molecule has 0 aliphatic carbocycles. The van der Waals surface area contributed by atoms with Crippen molar-refractivity contribution in [2.24, 2.45) is 5.73 Å². The first-order chi connectivity index (χ1) is 8.61. The van der Waals surface area contributed by atoms with Gasteiger partial charge in [-0.3, -0.25) is 14.7 Å². The van der Waals surface area contributed by atoms with Gasteiger partial charge in [0.25, 0.3) is 0 Å². The molecule has 1 saturated heterocycles. The normalized spacial score (nSPS) is 24.4. The average molecular weight is 248 g/mol. The number of hydrogen-bond acceptors (Lipinski definition) is 4. The van der Waals surface area contributed by atoms with Crippen LogP contribution in [0.15, 0.2) is 24.5 Å². The van der Waals surface area contributed by atoms with Crippen LogP contribution in [0.5, 0.6) is 0 Å². The zero-order valence-corrected chi connectivity index (χ0v) is 10.8. The lowest BCUT2D eigenvalue weighted by Crippen LogP contribution is -2.57. The van der Waals surface area contributed by atoms with Crippen LogP contribution in [0, 0.1) is 0 Å². The van der Waals surface area contributed by atoms with Crippen LogP contribution in [-0.4, -0.2) is 41.0 Å². The van der Waals surface area contributed by atoms with Crippen molar-refractivity contribution in [2.75, 3.05) is 13.1 Å². The van der Waals surface area contributed by atoms with Crippen molar-refractivity contribution < 1.29 is 4.79 Å². The highest BCUT2D eigenvalue weighted by Gasteiger charge is 2.33. The molecule has 98 valence electrons. The molecule has 0 saturated carbocycles. The van der Waals surface area contributed by atoms with Crippen LogP contribution in [0.25, 0.3) is 0 Å². The summed E-state index contributed by atoms with van der Waals surface area (Å²) in [4.78, 5) is 18.0. The standard InChI is InChI=1S/C13H20N4O/c1-9(14)12(11-3-5-15-6-4-11)17-8-7-16-13(18)10(17)2/h3-6,9-10,12H,7-8,14H2,1-2H3,(H,16,18). The fourth-order valence-corrected chi connectivity index (χ4v) is 2.54. The summed E-state index contributed by atoms with van der Waals surface area (Å²) in [6, 6.07) is 3.79. The number of nitrogens with two attached hydrogens (primary N) is 1. The number of carbonyl (C=O) groups is 1. The molecule has 18 heavy (non-hydrogen) atoms. The van der Waals surface area contributed by atoms with Gasteiger partial charge < -0.3 is 11.1 Å². The van der Waals surface area contributed by atoms with E-state index in [2.05, 4.69) is 15.2 Å². The molecule has 1 amide bonds. The van der Waals surface area contributed by atoms with E-state index in [0.717, 1.165) is 12.1 Å². The summed E-state index contributed by atoms with van der Waals surface area (Å²) >= 11 is 0. The Morgan fingerprint density at radius 2 is 2.17 bits per heavy atom. The van der Waals surface area contributed by atoms with Crippen molar-refractivity contribution in [3.63, 3.8) is 0 Å². The molecule has 3 N–H and O–H groups in total. The van der Waals surface area contributed by atoms with Gasteiger partial charge in [0.15, 0.2) is 0 Å². The van der Waals surface area contributed by atoms with Crippen LogP contribution in [0.4, 0.5) is 0 Å². The van der Waals surface area contributed by atoms with Crippen molar-refractivity contribution in [3.05, 3.63) is 30.1 Å². The minimum absolute atomic E-state index is 0.0410. The van der Waals surface area contributed by atoms with E-state index >= 15 is 0 Å². The van der Waals surface area contributed by atoms with Gasteiger partial charge in [-0.1, -0.05) is 0 Å². The van der Waals surface area contributed by atoms with Gasteiger partial charge >= 0.3 is 0 Å². The second-order valence-electron chi connectivity index (χ2n) is 4.79. The molecule has 0 aromatic carbocycles. The van der Waals surface area contributed by atoms with Gasteiger partial charge in [0.2, 0.25) is 5.91 Å². The van der Waals surface area contributed by atoms with Crippen molar-refractivity contribution in [1.82, 2.24) is 15.2 Å². The number of carbonyl (C=O) groups excluding carboxylic acids is 1. The molecular formula is C13H20N4O. The van der Waals surface area contributed by atoms with Crippen molar-refractivity contribution >= 4 is 5.91 Å². The predicted octanol–water partition coefficient (Wildman–Crippen LogP) is 0.290. The Labute approximate surface area is 107 Å². The van der Waals surface area contributed by atoms with Crippen LogP contribution in [0.3, 0.4) is 0 Å². The van der Waals surface area contributed by atoms with E-state index in [1.54, 1.807) is 12.4 Å². The average Bonchev–Trinajstić information content (AvgIpc) is 2.36. The minimum atomic E-state index is -0.150. The van der Waals surface area contributed by atoms with E-state index in [4.69, 9.17) is 5.73 Å². The number of piperazine rings is 1. The number of pyridine rings is 1. The number of amides is 1. The summed E-state index contributed by atoms with van der Waals surface area (Å²) in [6.07, 6.45) is 3.53. The Morgan fingerprint density at radius 3 is 2.78 bits per heavy atom. The molecule has 1 aliphatic heterocycles. The summed E-state index contributed by atoms with van der Waals surface area (Å²) in [6.45, 7) is 5.40. The highest BCUT2D eigenvalue weighted by atomic mass is 16.2. The molecule has 5 nitrogen and oxygen atoms in total. The van der Waals surface area contributed by atoms with Gasteiger partial charge in [0, 0.05) is 31.5 Å². The van der Waals surface area contributed by atoms with Gasteiger partial charge in [-0.15, -0.1) is 0 Å². The van der Waals surface area contributed by atoms with Crippen molar-refractivity contribution in [1.29, 1.82) is 0 Å². The molecule has 1 aromatic rings. The fraction of sp³-hybridized carbons (Fsp3) is 0.538. The highest BCUT2D eigenvalue weighted by Crippen LogP contribution is 2.26. The van der Waals surface area contributed by atoms with Gasteiger partial charge in [-0.25, -0.2) is 0 Å². The van der Waals surface area contributed by atoms with Crippen LogP contribution < -0.4 is 11.1 Å². The molecule has 1 aromatic heterocycles. The highest BCUT2D eigenvalue weighted by molar-refractivity contribution is 5.82. The summed E-state index contributed by atoms with van der Waals surface area (Å²) in [5.74, 6) is 0.0703. The number of rotatable bonds is 3. The monoisotopic (exact) mass is 248 g/mol. The number of nitrogens with zero attached hydrogens (tertiary/aromatic N) is 2.